The van der Waals surface area contributed by atoms with Crippen LogP contribution in [0.25, 0.3) is 0 Å². The van der Waals surface area contributed by atoms with Gasteiger partial charge in [-0.25, -0.2) is 4.79 Å². The van der Waals surface area contributed by atoms with Gasteiger partial charge in [0.2, 0.25) is 0 Å². The Balaban J connectivity index is 1.97. The first-order valence-corrected chi connectivity index (χ1v) is 8.89. The third kappa shape index (κ3) is 5.10. The molecule has 0 heterocycles. The zero-order valence-corrected chi connectivity index (χ0v) is 16.1. The predicted molar refractivity (Wildman–Crippen MR) is 99.9 cm³/mol. The van der Waals surface area contributed by atoms with Gasteiger partial charge in [-0.15, -0.1) is 0 Å². The quantitative estimate of drug-likeness (QED) is 0.478. The topological polar surface area (TPSA) is 35.5 Å². The van der Waals surface area contributed by atoms with Gasteiger partial charge in [0.15, 0.2) is 6.61 Å². The Labute approximate surface area is 152 Å². The van der Waals surface area contributed by atoms with Crippen molar-refractivity contribution in [1.29, 1.82) is 0 Å². The monoisotopic (exact) mass is 390 g/mol. The van der Waals surface area contributed by atoms with Crippen LogP contribution in [0.2, 0.25) is 0 Å². The van der Waals surface area contributed by atoms with Crippen LogP contribution in [0.4, 0.5) is 0 Å². The van der Waals surface area contributed by atoms with E-state index in [1.165, 1.54) is 5.56 Å². The fourth-order valence-electron chi connectivity index (χ4n) is 2.45. The van der Waals surface area contributed by atoms with E-state index >= 15 is 0 Å². The minimum Gasteiger partial charge on any atom is -0.482 e. The molecule has 24 heavy (non-hydrogen) atoms. The number of ether oxygens (including phenoxy) is 2. The molecule has 3 nitrogen and oxygen atoms in total. The Kier molecular flexibility index (Phi) is 6.44. The molecule has 0 N–H and O–H groups in total. The van der Waals surface area contributed by atoms with Gasteiger partial charge in [-0.2, -0.15) is 0 Å². The summed E-state index contributed by atoms with van der Waals surface area (Å²) >= 11 is 3.47. The van der Waals surface area contributed by atoms with Crippen LogP contribution in [0.3, 0.4) is 0 Å². The van der Waals surface area contributed by atoms with Crippen molar-refractivity contribution < 1.29 is 14.3 Å². The van der Waals surface area contributed by atoms with Crippen LogP contribution in [0.1, 0.15) is 42.9 Å². The van der Waals surface area contributed by atoms with Gasteiger partial charge in [0.05, 0.1) is 4.47 Å². The number of carbonyl (C=O) groups excluding carboxylic acids is 1. The maximum atomic E-state index is 12.0. The lowest BCUT2D eigenvalue weighted by Gasteiger charge is -2.12. The van der Waals surface area contributed by atoms with Crippen molar-refractivity contribution in [3.8, 4) is 11.5 Å². The number of halogens is 1. The smallest absolute Gasteiger partial charge is 0.349 e. The molecule has 0 spiro atoms. The van der Waals surface area contributed by atoms with Crippen molar-refractivity contribution >= 4 is 21.9 Å². The van der Waals surface area contributed by atoms with Crippen molar-refractivity contribution in [2.45, 2.75) is 40.0 Å². The van der Waals surface area contributed by atoms with Gasteiger partial charge in [0.1, 0.15) is 11.5 Å². The van der Waals surface area contributed by atoms with Crippen LogP contribution in [-0.4, -0.2) is 12.6 Å². The molecule has 0 saturated heterocycles. The highest BCUT2D eigenvalue weighted by atomic mass is 79.9. The van der Waals surface area contributed by atoms with Crippen molar-refractivity contribution in [1.82, 2.24) is 0 Å². The zero-order chi connectivity index (χ0) is 17.7. The number of esters is 1. The summed E-state index contributed by atoms with van der Waals surface area (Å²) in [5.41, 5.74) is 3.42. The van der Waals surface area contributed by atoms with E-state index in [9.17, 15) is 4.79 Å². The second kappa shape index (κ2) is 8.34. The van der Waals surface area contributed by atoms with E-state index in [1.54, 1.807) is 0 Å². The van der Waals surface area contributed by atoms with Crippen LogP contribution in [0, 0.1) is 13.8 Å². The average molecular weight is 391 g/mol. The lowest BCUT2D eigenvalue weighted by molar-refractivity contribution is -0.136. The fraction of sp³-hybridized carbons (Fsp3) is 0.350. The molecule has 2 aromatic rings. The first-order valence-electron chi connectivity index (χ1n) is 8.10. The number of rotatable bonds is 6. The number of hydrogen-bond acceptors (Lipinski definition) is 3. The fourth-order valence-corrected chi connectivity index (χ4v) is 2.93. The third-order valence-corrected chi connectivity index (χ3v) is 4.53. The maximum absolute atomic E-state index is 12.0. The molecule has 0 amide bonds. The molecule has 0 saturated carbocycles. The molecule has 1 unspecified atom stereocenters. The predicted octanol–water partition coefficient (Wildman–Crippen LogP) is 5.56. The average Bonchev–Trinajstić information content (AvgIpc) is 2.53. The summed E-state index contributed by atoms with van der Waals surface area (Å²) < 4.78 is 11.7. The molecule has 0 aliphatic heterocycles. The van der Waals surface area contributed by atoms with Crippen molar-refractivity contribution in [2.75, 3.05) is 6.61 Å². The summed E-state index contributed by atoms with van der Waals surface area (Å²) in [6.45, 7) is 8.19. The van der Waals surface area contributed by atoms with E-state index in [0.717, 1.165) is 22.0 Å². The Morgan fingerprint density at radius 3 is 2.38 bits per heavy atom. The minimum atomic E-state index is -0.425. The Morgan fingerprint density at radius 2 is 1.79 bits per heavy atom. The molecular weight excluding hydrogens is 368 g/mol. The number of benzene rings is 2. The van der Waals surface area contributed by atoms with E-state index in [1.807, 2.05) is 44.2 Å². The molecule has 0 aliphatic carbocycles. The lowest BCUT2D eigenvalue weighted by Crippen LogP contribution is -2.18. The van der Waals surface area contributed by atoms with Crippen LogP contribution in [0.15, 0.2) is 40.9 Å². The van der Waals surface area contributed by atoms with Crippen molar-refractivity contribution in [3.05, 3.63) is 57.6 Å². The normalized spacial score (nSPS) is 11.9. The lowest BCUT2D eigenvalue weighted by atomic mass is 9.99. The van der Waals surface area contributed by atoms with E-state index in [0.29, 0.717) is 17.4 Å². The molecular formula is C20H23BrO3. The molecule has 0 bridgehead atoms. The van der Waals surface area contributed by atoms with Gasteiger partial charge in [-0.1, -0.05) is 26.0 Å². The van der Waals surface area contributed by atoms with Gasteiger partial charge in [-0.3, -0.25) is 0 Å². The third-order valence-electron chi connectivity index (χ3n) is 3.91. The van der Waals surface area contributed by atoms with Crippen LogP contribution in [-0.2, 0) is 4.79 Å². The van der Waals surface area contributed by atoms with Crippen LogP contribution >= 0.6 is 15.9 Å². The number of aryl methyl sites for hydroxylation is 2. The summed E-state index contributed by atoms with van der Waals surface area (Å²) in [4.78, 5) is 12.0. The molecule has 2 aromatic carbocycles. The van der Waals surface area contributed by atoms with Gasteiger partial charge >= 0.3 is 5.97 Å². The number of hydrogen-bond donors (Lipinski definition) is 0. The maximum Gasteiger partial charge on any atom is 0.349 e. The molecule has 4 heteroatoms. The highest BCUT2D eigenvalue weighted by Crippen LogP contribution is 2.30. The van der Waals surface area contributed by atoms with Crippen LogP contribution < -0.4 is 9.47 Å². The van der Waals surface area contributed by atoms with E-state index in [-0.39, 0.29) is 6.61 Å². The molecule has 1 atom stereocenters. The highest BCUT2D eigenvalue weighted by molar-refractivity contribution is 9.10. The minimum absolute atomic E-state index is 0.123. The highest BCUT2D eigenvalue weighted by Gasteiger charge is 2.12. The zero-order valence-electron chi connectivity index (χ0n) is 14.6. The van der Waals surface area contributed by atoms with E-state index in [4.69, 9.17) is 9.47 Å². The van der Waals surface area contributed by atoms with E-state index < -0.39 is 5.97 Å². The second-order valence-corrected chi connectivity index (χ2v) is 6.94. The van der Waals surface area contributed by atoms with Crippen molar-refractivity contribution in [3.63, 3.8) is 0 Å². The molecule has 0 fully saturated rings. The second-order valence-electron chi connectivity index (χ2n) is 6.09. The van der Waals surface area contributed by atoms with Crippen molar-refractivity contribution in [2.24, 2.45) is 0 Å². The van der Waals surface area contributed by atoms with E-state index in [2.05, 4.69) is 35.8 Å². The Bertz CT molecular complexity index is 705. The molecule has 0 aromatic heterocycles. The molecule has 128 valence electrons. The van der Waals surface area contributed by atoms with Gasteiger partial charge in [0.25, 0.3) is 0 Å². The summed E-state index contributed by atoms with van der Waals surface area (Å²) in [7, 11) is 0. The molecule has 0 radical (unpaired) electrons. The van der Waals surface area contributed by atoms with Gasteiger partial charge in [0, 0.05) is 0 Å². The molecule has 2 rings (SSSR count). The number of carbonyl (C=O) groups is 1. The van der Waals surface area contributed by atoms with Crippen LogP contribution in [0.5, 0.6) is 11.5 Å². The summed E-state index contributed by atoms with van der Waals surface area (Å²) in [6, 6.07) is 11.7. The molecule has 0 aliphatic rings. The summed E-state index contributed by atoms with van der Waals surface area (Å²) in [5.74, 6) is 1.23. The summed E-state index contributed by atoms with van der Waals surface area (Å²) in [6.07, 6.45) is 1.06. The largest absolute Gasteiger partial charge is 0.482 e. The standard InChI is InChI=1S/C20H23BrO3/c1-5-15(4)16-6-7-19(18(21)11-16)24-20(22)12-23-17-9-13(2)8-14(3)10-17/h6-11,15H,5,12H2,1-4H3. The SMILES string of the molecule is CCC(C)c1ccc(OC(=O)COc2cc(C)cc(C)c2)c(Br)c1. The van der Waals surface area contributed by atoms with Gasteiger partial charge in [-0.05, 0) is 83.1 Å². The Hall–Kier alpha value is -1.81. The first kappa shape index (κ1) is 18.5. The Morgan fingerprint density at radius 1 is 1.12 bits per heavy atom. The van der Waals surface area contributed by atoms with Gasteiger partial charge < -0.3 is 9.47 Å². The first-order chi connectivity index (χ1) is 11.4. The summed E-state index contributed by atoms with van der Waals surface area (Å²) in [5, 5.41) is 0.